The van der Waals surface area contributed by atoms with E-state index in [0.29, 0.717) is 5.41 Å². The van der Waals surface area contributed by atoms with E-state index in [2.05, 4.69) is 28.7 Å². The molecule has 0 atom stereocenters. The molecule has 1 aliphatic carbocycles. The zero-order chi connectivity index (χ0) is 11.9. The summed E-state index contributed by atoms with van der Waals surface area (Å²) in [6.45, 7) is 6.79. The molecule has 3 rings (SSSR count). The van der Waals surface area contributed by atoms with Gasteiger partial charge in [-0.1, -0.05) is 20.3 Å². The van der Waals surface area contributed by atoms with Gasteiger partial charge in [-0.15, -0.1) is 0 Å². The Kier molecular flexibility index (Phi) is 2.57. The Hall–Kier alpha value is -1.12. The average molecular weight is 231 g/mol. The first-order valence-electron chi connectivity index (χ1n) is 6.80. The predicted octanol–water partition coefficient (Wildman–Crippen LogP) is 2.67. The fourth-order valence-corrected chi connectivity index (χ4v) is 3.31. The molecule has 0 amide bonds. The third-order valence-corrected chi connectivity index (χ3v) is 4.46. The first-order valence-corrected chi connectivity index (χ1v) is 6.80. The highest BCUT2D eigenvalue weighted by Gasteiger charge is 2.52. The van der Waals surface area contributed by atoms with Gasteiger partial charge in [-0.05, 0) is 30.7 Å². The van der Waals surface area contributed by atoms with Gasteiger partial charge in [0.25, 0.3) is 0 Å². The normalized spacial score (nSPS) is 22.4. The minimum absolute atomic E-state index is 0.632. The Balaban J connectivity index is 1.58. The summed E-state index contributed by atoms with van der Waals surface area (Å²) >= 11 is 0. The summed E-state index contributed by atoms with van der Waals surface area (Å²) in [6, 6.07) is 0. The van der Waals surface area contributed by atoms with Crippen molar-refractivity contribution in [3.8, 4) is 0 Å². The van der Waals surface area contributed by atoms with E-state index in [1.165, 1.54) is 37.9 Å². The van der Waals surface area contributed by atoms with Crippen LogP contribution in [-0.4, -0.2) is 23.1 Å². The highest BCUT2D eigenvalue weighted by Crippen LogP contribution is 2.53. The number of aryl methyl sites for hydroxylation is 1. The third-order valence-electron chi connectivity index (χ3n) is 4.46. The summed E-state index contributed by atoms with van der Waals surface area (Å²) in [5.41, 5.74) is 1.85. The Labute approximate surface area is 103 Å². The SMILES string of the molecule is CCc1cnc(N2CC3(CC(CC)C3)C2)nc1. The average Bonchev–Trinajstić information content (AvgIpc) is 2.27. The maximum atomic E-state index is 4.45. The third kappa shape index (κ3) is 1.81. The molecule has 3 nitrogen and oxygen atoms in total. The van der Waals surface area contributed by atoms with E-state index in [-0.39, 0.29) is 0 Å². The molecular formula is C14H21N3. The van der Waals surface area contributed by atoms with Crippen LogP contribution in [0.25, 0.3) is 0 Å². The van der Waals surface area contributed by atoms with Crippen molar-refractivity contribution in [3.63, 3.8) is 0 Å². The molecule has 2 aliphatic rings. The van der Waals surface area contributed by atoms with Gasteiger partial charge < -0.3 is 4.90 Å². The predicted molar refractivity (Wildman–Crippen MR) is 69.1 cm³/mol. The van der Waals surface area contributed by atoms with Crippen LogP contribution in [0.3, 0.4) is 0 Å². The first-order chi connectivity index (χ1) is 8.24. The second kappa shape index (κ2) is 3.97. The molecule has 92 valence electrons. The van der Waals surface area contributed by atoms with Crippen LogP contribution < -0.4 is 4.90 Å². The standard InChI is InChI=1S/C14H21N3/c1-3-11-5-14(6-11)9-17(10-14)13-15-7-12(4-2)8-16-13/h7-8,11H,3-6,9-10H2,1-2H3. The van der Waals surface area contributed by atoms with Crippen LogP contribution in [0.1, 0.15) is 38.7 Å². The molecule has 1 aliphatic heterocycles. The summed E-state index contributed by atoms with van der Waals surface area (Å²) in [5.74, 6) is 1.91. The van der Waals surface area contributed by atoms with Gasteiger partial charge in [0.05, 0.1) is 0 Å². The summed E-state index contributed by atoms with van der Waals surface area (Å²) < 4.78 is 0. The number of anilines is 1. The Morgan fingerprint density at radius 1 is 1.24 bits per heavy atom. The van der Waals surface area contributed by atoms with Gasteiger partial charge in [-0.25, -0.2) is 9.97 Å². The highest BCUT2D eigenvalue weighted by atomic mass is 15.3. The van der Waals surface area contributed by atoms with E-state index in [1.54, 1.807) is 0 Å². The summed E-state index contributed by atoms with van der Waals surface area (Å²) in [5, 5.41) is 0. The van der Waals surface area contributed by atoms with Gasteiger partial charge in [0.1, 0.15) is 0 Å². The van der Waals surface area contributed by atoms with Gasteiger partial charge in [-0.2, -0.15) is 0 Å². The minimum Gasteiger partial charge on any atom is -0.340 e. The minimum atomic E-state index is 0.632. The van der Waals surface area contributed by atoms with Gasteiger partial charge in [0, 0.05) is 30.9 Å². The van der Waals surface area contributed by atoms with E-state index in [0.717, 1.165) is 18.3 Å². The monoisotopic (exact) mass is 231 g/mol. The second-order valence-electron chi connectivity index (χ2n) is 5.78. The zero-order valence-electron chi connectivity index (χ0n) is 10.8. The van der Waals surface area contributed by atoms with Gasteiger partial charge in [0.15, 0.2) is 0 Å². The van der Waals surface area contributed by atoms with Crippen molar-refractivity contribution in [1.29, 1.82) is 0 Å². The number of hydrogen-bond acceptors (Lipinski definition) is 3. The Morgan fingerprint density at radius 2 is 1.88 bits per heavy atom. The lowest BCUT2D eigenvalue weighted by molar-refractivity contribution is 0.0208. The molecule has 1 spiro atoms. The number of rotatable bonds is 3. The van der Waals surface area contributed by atoms with E-state index in [9.17, 15) is 0 Å². The van der Waals surface area contributed by atoms with Crippen molar-refractivity contribution in [2.75, 3.05) is 18.0 Å². The maximum Gasteiger partial charge on any atom is 0.225 e. The lowest BCUT2D eigenvalue weighted by Gasteiger charge is -2.59. The zero-order valence-corrected chi connectivity index (χ0v) is 10.8. The Bertz CT molecular complexity index is 384. The second-order valence-corrected chi connectivity index (χ2v) is 5.78. The van der Waals surface area contributed by atoms with Crippen molar-refractivity contribution < 1.29 is 0 Å². The maximum absolute atomic E-state index is 4.45. The van der Waals surface area contributed by atoms with Gasteiger partial charge in [0.2, 0.25) is 5.95 Å². The van der Waals surface area contributed by atoms with Crippen LogP contribution in [0.5, 0.6) is 0 Å². The largest absolute Gasteiger partial charge is 0.340 e. The molecule has 0 bridgehead atoms. The fourth-order valence-electron chi connectivity index (χ4n) is 3.31. The van der Waals surface area contributed by atoms with Crippen molar-refractivity contribution in [2.45, 2.75) is 39.5 Å². The molecule has 3 heteroatoms. The topological polar surface area (TPSA) is 29.0 Å². The van der Waals surface area contributed by atoms with Gasteiger partial charge >= 0.3 is 0 Å². The fraction of sp³-hybridized carbons (Fsp3) is 0.714. The highest BCUT2D eigenvalue weighted by molar-refractivity contribution is 5.37. The van der Waals surface area contributed by atoms with Gasteiger partial charge in [-0.3, -0.25) is 0 Å². The quantitative estimate of drug-likeness (QED) is 0.801. The van der Waals surface area contributed by atoms with Crippen LogP contribution in [0.2, 0.25) is 0 Å². The van der Waals surface area contributed by atoms with E-state index in [1.807, 2.05) is 12.4 Å². The van der Waals surface area contributed by atoms with Crippen LogP contribution in [-0.2, 0) is 6.42 Å². The van der Waals surface area contributed by atoms with Crippen molar-refractivity contribution in [3.05, 3.63) is 18.0 Å². The van der Waals surface area contributed by atoms with Crippen molar-refractivity contribution >= 4 is 5.95 Å². The molecule has 1 saturated heterocycles. The number of aromatic nitrogens is 2. The Morgan fingerprint density at radius 3 is 2.41 bits per heavy atom. The van der Waals surface area contributed by atoms with Crippen LogP contribution in [0.15, 0.2) is 12.4 Å². The molecule has 2 fully saturated rings. The molecule has 1 saturated carbocycles. The summed E-state index contributed by atoms with van der Waals surface area (Å²) in [4.78, 5) is 11.2. The van der Waals surface area contributed by atoms with Crippen LogP contribution in [0.4, 0.5) is 5.95 Å². The lowest BCUT2D eigenvalue weighted by Crippen LogP contribution is -2.62. The molecule has 17 heavy (non-hydrogen) atoms. The van der Waals surface area contributed by atoms with Crippen molar-refractivity contribution in [1.82, 2.24) is 9.97 Å². The van der Waals surface area contributed by atoms with E-state index >= 15 is 0 Å². The molecule has 0 aromatic carbocycles. The van der Waals surface area contributed by atoms with E-state index < -0.39 is 0 Å². The molecule has 1 aromatic rings. The summed E-state index contributed by atoms with van der Waals surface area (Å²) in [7, 11) is 0. The summed E-state index contributed by atoms with van der Waals surface area (Å²) in [6.07, 6.45) is 9.14. The van der Waals surface area contributed by atoms with Crippen LogP contribution >= 0.6 is 0 Å². The number of nitrogens with zero attached hydrogens (tertiary/aromatic N) is 3. The molecule has 2 heterocycles. The smallest absolute Gasteiger partial charge is 0.225 e. The lowest BCUT2D eigenvalue weighted by atomic mass is 9.57. The van der Waals surface area contributed by atoms with Crippen LogP contribution in [0, 0.1) is 11.3 Å². The first kappa shape index (κ1) is 11.0. The molecule has 1 aromatic heterocycles. The molecule has 0 N–H and O–H groups in total. The molecule has 0 unspecified atom stereocenters. The molecule has 0 radical (unpaired) electrons. The number of hydrogen-bond donors (Lipinski definition) is 0. The van der Waals surface area contributed by atoms with Crippen molar-refractivity contribution in [2.24, 2.45) is 11.3 Å². The molecular weight excluding hydrogens is 210 g/mol. The van der Waals surface area contributed by atoms with E-state index in [4.69, 9.17) is 0 Å².